The van der Waals surface area contributed by atoms with Crippen molar-refractivity contribution in [3.8, 4) is 5.75 Å². The lowest BCUT2D eigenvalue weighted by Crippen LogP contribution is -2.62. The minimum absolute atomic E-state index is 0.0715. The van der Waals surface area contributed by atoms with Gasteiger partial charge in [-0.1, -0.05) is 18.2 Å². The number of methoxy groups -OCH3 is 1. The monoisotopic (exact) mass is 340 g/mol. The summed E-state index contributed by atoms with van der Waals surface area (Å²) in [6.07, 6.45) is 5.25. The Bertz CT molecular complexity index is 740. The molecule has 0 N–H and O–H groups in total. The van der Waals surface area contributed by atoms with Crippen molar-refractivity contribution in [2.45, 2.75) is 18.9 Å². The summed E-state index contributed by atoms with van der Waals surface area (Å²) in [5.74, 6) is -0.0327. The van der Waals surface area contributed by atoms with E-state index in [1.165, 1.54) is 4.90 Å². The van der Waals surface area contributed by atoms with Crippen LogP contribution in [0.5, 0.6) is 5.75 Å². The third-order valence-electron chi connectivity index (χ3n) is 5.37. The lowest BCUT2D eigenvalue weighted by Gasteiger charge is -2.43. The van der Waals surface area contributed by atoms with E-state index in [9.17, 15) is 14.4 Å². The predicted molar refractivity (Wildman–Crippen MR) is 89.9 cm³/mol. The van der Waals surface area contributed by atoms with Crippen molar-refractivity contribution in [2.24, 2.45) is 11.8 Å². The zero-order valence-electron chi connectivity index (χ0n) is 14.1. The molecule has 0 radical (unpaired) electrons. The van der Waals surface area contributed by atoms with Crippen molar-refractivity contribution < 1.29 is 19.1 Å². The maximum Gasteiger partial charge on any atom is 0.254 e. The quantitative estimate of drug-likeness (QED) is 0.617. The Balaban J connectivity index is 1.42. The summed E-state index contributed by atoms with van der Waals surface area (Å²) in [7, 11) is 1.56. The van der Waals surface area contributed by atoms with Crippen LogP contribution >= 0.6 is 0 Å². The second kappa shape index (κ2) is 6.02. The van der Waals surface area contributed by atoms with Gasteiger partial charge in [0.15, 0.2) is 0 Å². The van der Waals surface area contributed by atoms with Crippen LogP contribution in [-0.4, -0.2) is 53.8 Å². The highest BCUT2D eigenvalue weighted by atomic mass is 16.5. The third-order valence-corrected chi connectivity index (χ3v) is 5.37. The highest BCUT2D eigenvalue weighted by Gasteiger charge is 2.52. The van der Waals surface area contributed by atoms with Gasteiger partial charge in [0.05, 0.1) is 25.0 Å². The fourth-order valence-electron chi connectivity index (χ4n) is 3.91. The Morgan fingerprint density at radius 3 is 2.32 bits per heavy atom. The first-order valence-electron chi connectivity index (χ1n) is 8.55. The molecule has 2 fully saturated rings. The lowest BCUT2D eigenvalue weighted by atomic mass is 9.85. The zero-order chi connectivity index (χ0) is 17.6. The van der Waals surface area contributed by atoms with Crippen LogP contribution in [-0.2, 0) is 9.59 Å². The average Bonchev–Trinajstić information content (AvgIpc) is 2.86. The normalized spacial score (nSPS) is 25.8. The predicted octanol–water partition coefficient (Wildman–Crippen LogP) is 1.47. The lowest BCUT2D eigenvalue weighted by molar-refractivity contribution is -0.145. The molecule has 6 nitrogen and oxygen atoms in total. The number of allylic oxidation sites excluding steroid dienone is 2. The molecule has 1 aliphatic carbocycles. The summed E-state index contributed by atoms with van der Waals surface area (Å²) in [6, 6.07) is 6.80. The first-order chi connectivity index (χ1) is 12.1. The minimum atomic E-state index is -0.208. The summed E-state index contributed by atoms with van der Waals surface area (Å²) >= 11 is 0. The number of hydrogen-bond donors (Lipinski definition) is 0. The van der Waals surface area contributed by atoms with Crippen molar-refractivity contribution in [1.82, 2.24) is 9.80 Å². The highest BCUT2D eigenvalue weighted by Crippen LogP contribution is 2.37. The van der Waals surface area contributed by atoms with Gasteiger partial charge in [-0.15, -0.1) is 0 Å². The fraction of sp³-hybridized carbons (Fsp3) is 0.421. The molecule has 0 saturated carbocycles. The van der Waals surface area contributed by atoms with Gasteiger partial charge in [0.25, 0.3) is 5.91 Å². The van der Waals surface area contributed by atoms with E-state index in [1.807, 2.05) is 12.2 Å². The molecule has 2 unspecified atom stereocenters. The van der Waals surface area contributed by atoms with E-state index in [4.69, 9.17) is 4.74 Å². The summed E-state index contributed by atoms with van der Waals surface area (Å²) in [6.45, 7) is 0.806. The summed E-state index contributed by atoms with van der Waals surface area (Å²) < 4.78 is 5.15. The molecule has 130 valence electrons. The molecule has 2 heterocycles. The number of ether oxygens (including phenoxy) is 1. The number of likely N-dealkylation sites (tertiary alicyclic amines) is 2. The van der Waals surface area contributed by atoms with E-state index >= 15 is 0 Å². The fourth-order valence-corrected chi connectivity index (χ4v) is 3.91. The number of rotatable bonds is 3. The molecule has 3 amide bonds. The summed E-state index contributed by atoms with van der Waals surface area (Å²) in [5.41, 5.74) is 0.551. The van der Waals surface area contributed by atoms with Crippen LogP contribution in [0, 0.1) is 11.8 Å². The number of imide groups is 1. The first-order valence-corrected chi connectivity index (χ1v) is 8.55. The van der Waals surface area contributed by atoms with Crippen LogP contribution in [0.3, 0.4) is 0 Å². The molecule has 25 heavy (non-hydrogen) atoms. The molecule has 1 aromatic rings. The van der Waals surface area contributed by atoms with Gasteiger partial charge in [0.1, 0.15) is 5.75 Å². The third kappa shape index (κ3) is 2.52. The number of hydrogen-bond acceptors (Lipinski definition) is 4. The van der Waals surface area contributed by atoms with E-state index in [2.05, 4.69) is 0 Å². The van der Waals surface area contributed by atoms with Crippen LogP contribution in [0.15, 0.2) is 36.4 Å². The molecule has 2 aliphatic heterocycles. The van der Waals surface area contributed by atoms with E-state index in [-0.39, 0.29) is 35.6 Å². The molecule has 6 heteroatoms. The van der Waals surface area contributed by atoms with Gasteiger partial charge in [-0.3, -0.25) is 19.3 Å². The number of fused-ring (bicyclic) bond motifs is 1. The van der Waals surface area contributed by atoms with E-state index in [0.717, 1.165) is 0 Å². The van der Waals surface area contributed by atoms with Gasteiger partial charge >= 0.3 is 0 Å². The van der Waals surface area contributed by atoms with Gasteiger partial charge in [-0.05, 0) is 31.0 Å². The van der Waals surface area contributed by atoms with Crippen LogP contribution in [0.2, 0.25) is 0 Å². The zero-order valence-corrected chi connectivity index (χ0v) is 14.1. The Kier molecular flexibility index (Phi) is 3.82. The molecule has 0 bridgehead atoms. The van der Waals surface area contributed by atoms with Crippen molar-refractivity contribution >= 4 is 17.7 Å². The van der Waals surface area contributed by atoms with Crippen molar-refractivity contribution in [3.63, 3.8) is 0 Å². The van der Waals surface area contributed by atoms with Gasteiger partial charge in [0.2, 0.25) is 11.8 Å². The Morgan fingerprint density at radius 1 is 1.08 bits per heavy atom. The molecule has 3 aliphatic rings. The van der Waals surface area contributed by atoms with Gasteiger partial charge in [-0.2, -0.15) is 0 Å². The molecule has 2 atom stereocenters. The maximum atomic E-state index is 12.6. The van der Waals surface area contributed by atoms with Crippen LogP contribution < -0.4 is 4.74 Å². The number of carbonyl (C=O) groups is 3. The Morgan fingerprint density at radius 2 is 1.72 bits per heavy atom. The minimum Gasteiger partial charge on any atom is -0.497 e. The topological polar surface area (TPSA) is 66.9 Å². The smallest absolute Gasteiger partial charge is 0.254 e. The summed E-state index contributed by atoms with van der Waals surface area (Å²) in [4.78, 5) is 40.8. The van der Waals surface area contributed by atoms with Crippen molar-refractivity contribution in [2.75, 3.05) is 20.2 Å². The van der Waals surface area contributed by atoms with E-state index in [0.29, 0.717) is 37.2 Å². The number of benzene rings is 1. The Labute approximate surface area is 146 Å². The van der Waals surface area contributed by atoms with Crippen LogP contribution in [0.1, 0.15) is 23.2 Å². The second-order valence-corrected chi connectivity index (χ2v) is 6.80. The molecule has 0 aromatic heterocycles. The number of nitrogens with zero attached hydrogens (tertiary/aromatic N) is 2. The highest BCUT2D eigenvalue weighted by molar-refractivity contribution is 6.06. The number of carbonyl (C=O) groups excluding carboxylic acids is 3. The first kappa shape index (κ1) is 15.9. The molecule has 4 rings (SSSR count). The van der Waals surface area contributed by atoms with Crippen LogP contribution in [0.4, 0.5) is 0 Å². The van der Waals surface area contributed by atoms with Crippen molar-refractivity contribution in [1.29, 1.82) is 0 Å². The van der Waals surface area contributed by atoms with E-state index in [1.54, 1.807) is 36.3 Å². The standard InChI is InChI=1S/C19H20N2O4/c1-25-14-6-4-5-12(9-14)17(22)20-10-13(11-20)21-18(23)15-7-2-3-8-16(15)19(21)24/h2-6,9,13,15-16H,7-8,10-11H2,1H3. The molecule has 0 spiro atoms. The van der Waals surface area contributed by atoms with Gasteiger partial charge in [-0.25, -0.2) is 0 Å². The maximum absolute atomic E-state index is 12.6. The molecular weight excluding hydrogens is 320 g/mol. The molecule has 2 saturated heterocycles. The van der Waals surface area contributed by atoms with Gasteiger partial charge in [0, 0.05) is 18.7 Å². The van der Waals surface area contributed by atoms with Crippen molar-refractivity contribution in [3.05, 3.63) is 42.0 Å². The van der Waals surface area contributed by atoms with Crippen LogP contribution in [0.25, 0.3) is 0 Å². The molecule has 1 aromatic carbocycles. The SMILES string of the molecule is COc1cccc(C(=O)N2CC(N3C(=O)C4CC=CCC4C3=O)C2)c1. The average molecular weight is 340 g/mol. The largest absolute Gasteiger partial charge is 0.497 e. The van der Waals surface area contributed by atoms with E-state index < -0.39 is 0 Å². The molecular formula is C19H20N2O4. The number of amides is 3. The summed E-state index contributed by atoms with van der Waals surface area (Å²) in [5, 5.41) is 0. The Hall–Kier alpha value is -2.63. The van der Waals surface area contributed by atoms with Gasteiger partial charge < -0.3 is 9.64 Å². The second-order valence-electron chi connectivity index (χ2n) is 6.80.